The Morgan fingerprint density at radius 2 is 1.59 bits per heavy atom. The average molecular weight is 239 g/mol. The SMILES string of the molecule is Sc1ccc(N=C/C=C/c2ccccc2)cc1. The number of rotatable bonds is 3. The van der Waals surface area contributed by atoms with Crippen molar-refractivity contribution in [2.45, 2.75) is 4.90 Å². The Hall–Kier alpha value is -1.80. The smallest absolute Gasteiger partial charge is 0.0630 e. The van der Waals surface area contributed by atoms with E-state index in [1.54, 1.807) is 6.21 Å². The van der Waals surface area contributed by atoms with Crippen LogP contribution in [0.15, 0.2) is 70.6 Å². The molecule has 84 valence electrons. The molecule has 0 fully saturated rings. The minimum Gasteiger partial charge on any atom is -0.257 e. The Bertz CT molecular complexity index is 512. The Labute approximate surface area is 107 Å². The molecule has 2 aromatic carbocycles. The van der Waals surface area contributed by atoms with Gasteiger partial charge in [0.1, 0.15) is 0 Å². The molecule has 0 N–H and O–H groups in total. The molecule has 0 amide bonds. The molecule has 0 unspecified atom stereocenters. The summed E-state index contributed by atoms with van der Waals surface area (Å²) in [6.07, 6.45) is 5.75. The molecule has 0 aliphatic heterocycles. The monoisotopic (exact) mass is 239 g/mol. The van der Waals surface area contributed by atoms with Gasteiger partial charge < -0.3 is 0 Å². The minimum absolute atomic E-state index is 0.931. The van der Waals surface area contributed by atoms with Gasteiger partial charge in [-0.3, -0.25) is 4.99 Å². The Morgan fingerprint density at radius 3 is 2.29 bits per heavy atom. The zero-order valence-electron chi connectivity index (χ0n) is 9.32. The van der Waals surface area contributed by atoms with Gasteiger partial charge in [-0.05, 0) is 35.9 Å². The number of hydrogen-bond acceptors (Lipinski definition) is 2. The second kappa shape index (κ2) is 6.06. The van der Waals surface area contributed by atoms with Crippen LogP contribution < -0.4 is 0 Å². The molecule has 2 rings (SSSR count). The lowest BCUT2D eigenvalue weighted by Gasteiger charge is -1.92. The molecule has 0 aliphatic carbocycles. The van der Waals surface area contributed by atoms with E-state index >= 15 is 0 Å². The van der Waals surface area contributed by atoms with Gasteiger partial charge in [0.05, 0.1) is 5.69 Å². The van der Waals surface area contributed by atoms with Crippen LogP contribution in [0.5, 0.6) is 0 Å². The largest absolute Gasteiger partial charge is 0.257 e. The first-order chi connectivity index (χ1) is 8.34. The number of nitrogens with zero attached hydrogens (tertiary/aromatic N) is 1. The maximum atomic E-state index is 4.32. The summed E-state index contributed by atoms with van der Waals surface area (Å²) in [6, 6.07) is 17.9. The van der Waals surface area contributed by atoms with E-state index < -0.39 is 0 Å². The number of benzene rings is 2. The predicted octanol–water partition coefficient (Wildman–Crippen LogP) is 4.39. The zero-order chi connectivity index (χ0) is 11.9. The van der Waals surface area contributed by atoms with E-state index in [4.69, 9.17) is 0 Å². The highest BCUT2D eigenvalue weighted by Crippen LogP contribution is 2.14. The second-order valence-corrected chi connectivity index (χ2v) is 4.08. The summed E-state index contributed by atoms with van der Waals surface area (Å²) in [5.41, 5.74) is 2.10. The molecule has 0 bridgehead atoms. The van der Waals surface area contributed by atoms with Crippen LogP contribution in [0.1, 0.15) is 5.56 Å². The van der Waals surface area contributed by atoms with Gasteiger partial charge in [0.25, 0.3) is 0 Å². The van der Waals surface area contributed by atoms with E-state index in [9.17, 15) is 0 Å². The Morgan fingerprint density at radius 1 is 0.882 bits per heavy atom. The number of thiol groups is 1. The van der Waals surface area contributed by atoms with Gasteiger partial charge in [0.15, 0.2) is 0 Å². The van der Waals surface area contributed by atoms with Crippen LogP contribution in [0.4, 0.5) is 5.69 Å². The van der Waals surface area contributed by atoms with Crippen molar-refractivity contribution in [3.05, 3.63) is 66.2 Å². The zero-order valence-corrected chi connectivity index (χ0v) is 10.2. The highest BCUT2D eigenvalue weighted by Gasteiger charge is 1.86. The van der Waals surface area contributed by atoms with Crippen molar-refractivity contribution in [2.75, 3.05) is 0 Å². The van der Waals surface area contributed by atoms with Crippen LogP contribution >= 0.6 is 12.6 Å². The van der Waals surface area contributed by atoms with Crippen LogP contribution in [0.3, 0.4) is 0 Å². The van der Waals surface area contributed by atoms with Crippen LogP contribution in [0.25, 0.3) is 6.08 Å². The molecule has 0 heterocycles. The number of aliphatic imine (C=N–C) groups is 1. The molecule has 0 spiro atoms. The van der Waals surface area contributed by atoms with Gasteiger partial charge in [-0.2, -0.15) is 0 Å². The molecule has 0 atom stereocenters. The lowest BCUT2D eigenvalue weighted by molar-refractivity contribution is 1.43. The highest BCUT2D eigenvalue weighted by atomic mass is 32.1. The molecule has 0 aliphatic rings. The maximum Gasteiger partial charge on any atom is 0.0630 e. The van der Waals surface area contributed by atoms with Crippen molar-refractivity contribution in [2.24, 2.45) is 4.99 Å². The summed E-state index contributed by atoms with van der Waals surface area (Å²) in [5.74, 6) is 0. The van der Waals surface area contributed by atoms with E-state index in [-0.39, 0.29) is 0 Å². The third kappa shape index (κ3) is 3.93. The van der Waals surface area contributed by atoms with Crippen LogP contribution in [0, 0.1) is 0 Å². The van der Waals surface area contributed by atoms with Gasteiger partial charge in [-0.25, -0.2) is 0 Å². The van der Waals surface area contributed by atoms with Gasteiger partial charge in [0.2, 0.25) is 0 Å². The third-order valence-corrected chi connectivity index (χ3v) is 2.55. The standard InChI is InChI=1S/C15H13NS/c17-15-10-8-14(9-11-15)16-12-4-7-13-5-2-1-3-6-13/h1-12,17H/b7-4+,16-12?. The van der Waals surface area contributed by atoms with Crippen molar-refractivity contribution in [3.63, 3.8) is 0 Å². The fraction of sp³-hybridized carbons (Fsp3) is 0. The van der Waals surface area contributed by atoms with Crippen molar-refractivity contribution in [1.82, 2.24) is 0 Å². The summed E-state index contributed by atoms with van der Waals surface area (Å²) < 4.78 is 0. The summed E-state index contributed by atoms with van der Waals surface area (Å²) in [6.45, 7) is 0. The van der Waals surface area contributed by atoms with Gasteiger partial charge in [0, 0.05) is 11.1 Å². The molecule has 17 heavy (non-hydrogen) atoms. The molecule has 0 saturated carbocycles. The summed E-state index contributed by atoms with van der Waals surface area (Å²) >= 11 is 4.22. The number of hydrogen-bond donors (Lipinski definition) is 1. The molecular formula is C15H13NS. The summed E-state index contributed by atoms with van der Waals surface area (Å²) in [7, 11) is 0. The van der Waals surface area contributed by atoms with Crippen LogP contribution in [-0.4, -0.2) is 6.21 Å². The Balaban J connectivity index is 1.98. The first kappa shape index (κ1) is 11.7. The predicted molar refractivity (Wildman–Crippen MR) is 77.3 cm³/mol. The second-order valence-electron chi connectivity index (χ2n) is 3.56. The van der Waals surface area contributed by atoms with E-state index in [1.807, 2.05) is 54.6 Å². The quantitative estimate of drug-likeness (QED) is 0.602. The van der Waals surface area contributed by atoms with Gasteiger partial charge in [-0.1, -0.05) is 36.4 Å². The lowest BCUT2D eigenvalue weighted by atomic mass is 10.2. The molecule has 2 heteroatoms. The lowest BCUT2D eigenvalue weighted by Crippen LogP contribution is -1.70. The van der Waals surface area contributed by atoms with Crippen LogP contribution in [-0.2, 0) is 0 Å². The summed E-state index contributed by atoms with van der Waals surface area (Å²) in [4.78, 5) is 5.26. The fourth-order valence-electron chi connectivity index (χ4n) is 1.39. The minimum atomic E-state index is 0.931. The van der Waals surface area contributed by atoms with Crippen molar-refractivity contribution in [1.29, 1.82) is 0 Å². The van der Waals surface area contributed by atoms with Crippen molar-refractivity contribution < 1.29 is 0 Å². The maximum absolute atomic E-state index is 4.32. The molecule has 0 saturated heterocycles. The first-order valence-corrected chi connectivity index (χ1v) is 5.84. The molecular weight excluding hydrogens is 226 g/mol. The van der Waals surface area contributed by atoms with E-state index in [0.717, 1.165) is 10.6 Å². The molecule has 0 radical (unpaired) electrons. The van der Waals surface area contributed by atoms with E-state index in [2.05, 4.69) is 29.8 Å². The van der Waals surface area contributed by atoms with Crippen molar-refractivity contribution >= 4 is 30.6 Å². The molecule has 1 nitrogen and oxygen atoms in total. The summed E-state index contributed by atoms with van der Waals surface area (Å²) in [5, 5.41) is 0. The molecule has 0 aromatic heterocycles. The van der Waals surface area contributed by atoms with E-state index in [0.29, 0.717) is 0 Å². The van der Waals surface area contributed by atoms with Crippen molar-refractivity contribution in [3.8, 4) is 0 Å². The third-order valence-electron chi connectivity index (χ3n) is 2.25. The van der Waals surface area contributed by atoms with Gasteiger partial charge >= 0.3 is 0 Å². The van der Waals surface area contributed by atoms with Gasteiger partial charge in [-0.15, -0.1) is 12.6 Å². The van der Waals surface area contributed by atoms with E-state index in [1.165, 1.54) is 5.56 Å². The average Bonchev–Trinajstić information content (AvgIpc) is 2.38. The number of allylic oxidation sites excluding steroid dienone is 1. The van der Waals surface area contributed by atoms with Crippen LogP contribution in [0.2, 0.25) is 0 Å². The first-order valence-electron chi connectivity index (χ1n) is 5.39. The fourth-order valence-corrected chi connectivity index (χ4v) is 1.54. The Kier molecular flexibility index (Phi) is 4.17. The topological polar surface area (TPSA) is 12.4 Å². The highest BCUT2D eigenvalue weighted by molar-refractivity contribution is 7.80. The normalized spacial score (nSPS) is 11.4. The molecule has 2 aromatic rings.